The molecule has 0 saturated carbocycles. The van der Waals surface area contributed by atoms with Crippen molar-refractivity contribution in [3.63, 3.8) is 0 Å². The van der Waals surface area contributed by atoms with E-state index in [1.54, 1.807) is 32.0 Å². The number of carbonyl (C=O) groups excluding carboxylic acids is 2. The van der Waals surface area contributed by atoms with Gasteiger partial charge in [0.05, 0.1) is 19.8 Å². The summed E-state index contributed by atoms with van der Waals surface area (Å²) in [5.74, 6) is 0.269. The van der Waals surface area contributed by atoms with Crippen LogP contribution in [0.1, 0.15) is 44.7 Å². The zero-order valence-corrected chi connectivity index (χ0v) is 19.3. The van der Waals surface area contributed by atoms with Crippen molar-refractivity contribution in [3.05, 3.63) is 59.2 Å². The van der Waals surface area contributed by atoms with Crippen LogP contribution in [0.2, 0.25) is 0 Å². The molecule has 33 heavy (non-hydrogen) atoms. The number of ether oxygens (including phenoxy) is 4. The molecule has 0 atom stereocenters. The first-order chi connectivity index (χ1) is 16.0. The van der Waals surface area contributed by atoms with Gasteiger partial charge in [0.1, 0.15) is 17.4 Å². The van der Waals surface area contributed by atoms with E-state index in [2.05, 4.69) is 6.92 Å². The predicted molar refractivity (Wildman–Crippen MR) is 124 cm³/mol. The van der Waals surface area contributed by atoms with E-state index in [-0.39, 0.29) is 24.4 Å². The summed E-state index contributed by atoms with van der Waals surface area (Å²) < 4.78 is 21.6. The van der Waals surface area contributed by atoms with Crippen LogP contribution < -0.4 is 14.2 Å². The van der Waals surface area contributed by atoms with Crippen molar-refractivity contribution < 1.29 is 28.5 Å². The van der Waals surface area contributed by atoms with E-state index in [0.717, 1.165) is 12.2 Å². The van der Waals surface area contributed by atoms with Crippen molar-refractivity contribution in [2.75, 3.05) is 19.8 Å². The number of rotatable bonds is 12. The molecule has 0 spiro atoms. The van der Waals surface area contributed by atoms with Gasteiger partial charge in [-0.05, 0) is 68.2 Å². The summed E-state index contributed by atoms with van der Waals surface area (Å²) >= 11 is 0. The number of esters is 2. The van der Waals surface area contributed by atoms with Crippen LogP contribution in [0.5, 0.6) is 17.2 Å². The molecule has 0 aliphatic carbocycles. The largest absolute Gasteiger partial charge is 0.494 e. The number of aryl methyl sites for hydroxylation is 1. The molecule has 0 amide bonds. The fourth-order valence-corrected chi connectivity index (χ4v) is 2.88. The molecular weight excluding hydrogens is 422 g/mol. The molecule has 0 radical (unpaired) electrons. The molecule has 0 aliphatic heterocycles. The molecule has 0 saturated heterocycles. The van der Waals surface area contributed by atoms with E-state index >= 15 is 0 Å². The van der Waals surface area contributed by atoms with Crippen molar-refractivity contribution in [1.29, 1.82) is 5.26 Å². The molecule has 174 valence electrons. The zero-order valence-electron chi connectivity index (χ0n) is 19.3. The van der Waals surface area contributed by atoms with Crippen molar-refractivity contribution >= 4 is 18.0 Å². The van der Waals surface area contributed by atoms with Crippen molar-refractivity contribution in [2.45, 2.75) is 40.0 Å². The van der Waals surface area contributed by atoms with E-state index in [9.17, 15) is 14.9 Å². The lowest BCUT2D eigenvalue weighted by Gasteiger charge is -2.12. The van der Waals surface area contributed by atoms with Gasteiger partial charge in [-0.2, -0.15) is 5.26 Å². The second-order valence-electron chi connectivity index (χ2n) is 6.95. The SMILES string of the molecule is CCOC(=O)C(C#N)=Cc1ccc(OC(=O)CCCOc2ccc(CC)cc2)c(OCC)c1. The van der Waals surface area contributed by atoms with Crippen molar-refractivity contribution in [3.8, 4) is 23.3 Å². The molecule has 0 bridgehead atoms. The Hall–Kier alpha value is -3.79. The number of hydrogen-bond acceptors (Lipinski definition) is 7. The third-order valence-electron chi connectivity index (χ3n) is 4.54. The highest BCUT2D eigenvalue weighted by Crippen LogP contribution is 2.30. The first-order valence-electron chi connectivity index (χ1n) is 11.0. The first kappa shape index (κ1) is 25.5. The third-order valence-corrected chi connectivity index (χ3v) is 4.54. The normalized spacial score (nSPS) is 10.8. The van der Waals surface area contributed by atoms with Gasteiger partial charge in [0.15, 0.2) is 11.5 Å². The molecule has 0 aromatic heterocycles. The van der Waals surface area contributed by atoms with Gasteiger partial charge in [-0.25, -0.2) is 4.79 Å². The molecule has 2 aromatic carbocycles. The maximum atomic E-state index is 12.3. The van der Waals surface area contributed by atoms with Gasteiger partial charge in [-0.3, -0.25) is 4.79 Å². The fraction of sp³-hybridized carbons (Fsp3) is 0.346. The summed E-state index contributed by atoms with van der Waals surface area (Å²) in [6.07, 6.45) is 3.06. The van der Waals surface area contributed by atoms with E-state index in [1.807, 2.05) is 30.3 Å². The minimum Gasteiger partial charge on any atom is -0.494 e. The lowest BCUT2D eigenvalue weighted by Crippen LogP contribution is -2.11. The lowest BCUT2D eigenvalue weighted by atomic mass is 10.1. The average molecular weight is 452 g/mol. The van der Waals surface area contributed by atoms with Gasteiger partial charge in [-0.1, -0.05) is 25.1 Å². The van der Waals surface area contributed by atoms with Crippen LogP contribution in [0.3, 0.4) is 0 Å². The quantitative estimate of drug-likeness (QED) is 0.149. The Morgan fingerprint density at radius 2 is 1.73 bits per heavy atom. The highest BCUT2D eigenvalue weighted by Gasteiger charge is 2.14. The molecule has 2 aromatic rings. The highest BCUT2D eigenvalue weighted by atomic mass is 16.6. The molecule has 0 aliphatic rings. The monoisotopic (exact) mass is 451 g/mol. The zero-order chi connectivity index (χ0) is 24.1. The fourth-order valence-electron chi connectivity index (χ4n) is 2.88. The predicted octanol–water partition coefficient (Wildman–Crippen LogP) is 4.88. The van der Waals surface area contributed by atoms with Gasteiger partial charge < -0.3 is 18.9 Å². The highest BCUT2D eigenvalue weighted by molar-refractivity contribution is 5.98. The Morgan fingerprint density at radius 1 is 0.970 bits per heavy atom. The van der Waals surface area contributed by atoms with Gasteiger partial charge in [-0.15, -0.1) is 0 Å². The Bertz CT molecular complexity index is 1000. The smallest absolute Gasteiger partial charge is 0.348 e. The van der Waals surface area contributed by atoms with E-state index in [4.69, 9.17) is 18.9 Å². The Balaban J connectivity index is 1.95. The third kappa shape index (κ3) is 8.34. The summed E-state index contributed by atoms with van der Waals surface area (Å²) in [7, 11) is 0. The summed E-state index contributed by atoms with van der Waals surface area (Å²) in [5, 5.41) is 9.20. The molecule has 7 heteroatoms. The average Bonchev–Trinajstić information content (AvgIpc) is 2.82. The molecule has 0 heterocycles. The van der Waals surface area contributed by atoms with Crippen LogP contribution in [0.25, 0.3) is 6.08 Å². The maximum Gasteiger partial charge on any atom is 0.348 e. The number of carbonyl (C=O) groups is 2. The summed E-state index contributed by atoms with van der Waals surface area (Å²) in [6, 6.07) is 14.5. The first-order valence-corrected chi connectivity index (χ1v) is 11.0. The molecular formula is C26H29NO6. The second-order valence-corrected chi connectivity index (χ2v) is 6.95. The van der Waals surface area contributed by atoms with E-state index < -0.39 is 11.9 Å². The van der Waals surface area contributed by atoms with Crippen molar-refractivity contribution in [2.24, 2.45) is 0 Å². The van der Waals surface area contributed by atoms with Gasteiger partial charge in [0, 0.05) is 6.42 Å². The van der Waals surface area contributed by atoms with Gasteiger partial charge in [0.2, 0.25) is 0 Å². The molecule has 7 nitrogen and oxygen atoms in total. The summed E-state index contributed by atoms with van der Waals surface area (Å²) in [6.45, 7) is 6.48. The van der Waals surface area contributed by atoms with Crippen LogP contribution in [-0.2, 0) is 20.7 Å². The minimum absolute atomic E-state index is 0.131. The number of benzene rings is 2. The molecule has 0 N–H and O–H groups in total. The molecule has 0 unspecified atom stereocenters. The number of nitrogens with zero attached hydrogens (tertiary/aromatic N) is 1. The van der Waals surface area contributed by atoms with Gasteiger partial charge in [0.25, 0.3) is 0 Å². The standard InChI is InChI=1S/C26H29NO6/c1-4-19-9-12-22(13-10-19)32-15-7-8-25(28)33-23-14-11-20(17-24(23)30-5-2)16-21(18-27)26(29)31-6-3/h9-14,16-17H,4-8,15H2,1-3H3. The van der Waals surface area contributed by atoms with Crippen LogP contribution >= 0.6 is 0 Å². The Labute approximate surface area is 194 Å². The van der Waals surface area contributed by atoms with Gasteiger partial charge >= 0.3 is 11.9 Å². The maximum absolute atomic E-state index is 12.3. The Kier molecular flexibility index (Phi) is 10.5. The Morgan fingerprint density at radius 3 is 2.36 bits per heavy atom. The van der Waals surface area contributed by atoms with Crippen molar-refractivity contribution in [1.82, 2.24) is 0 Å². The van der Waals surface area contributed by atoms with Crippen LogP contribution in [0.4, 0.5) is 0 Å². The van der Waals surface area contributed by atoms with E-state index in [1.165, 1.54) is 11.6 Å². The van der Waals surface area contributed by atoms with Crippen LogP contribution in [0, 0.1) is 11.3 Å². The summed E-state index contributed by atoms with van der Waals surface area (Å²) in [4.78, 5) is 24.1. The lowest BCUT2D eigenvalue weighted by molar-refractivity contribution is -0.138. The number of nitriles is 1. The van der Waals surface area contributed by atoms with Crippen LogP contribution in [-0.4, -0.2) is 31.8 Å². The second kappa shape index (κ2) is 13.6. The minimum atomic E-state index is -0.697. The molecule has 0 fully saturated rings. The van der Waals surface area contributed by atoms with E-state index in [0.29, 0.717) is 30.9 Å². The number of hydrogen-bond donors (Lipinski definition) is 0. The van der Waals surface area contributed by atoms with Crippen LogP contribution in [0.15, 0.2) is 48.0 Å². The summed E-state index contributed by atoms with van der Waals surface area (Å²) in [5.41, 5.74) is 1.65. The molecule has 2 rings (SSSR count). The topological polar surface area (TPSA) is 94.9 Å².